The predicted molar refractivity (Wildman–Crippen MR) is 128 cm³/mol. The van der Waals surface area contributed by atoms with Gasteiger partial charge in [0.15, 0.2) is 0 Å². The van der Waals surface area contributed by atoms with Crippen LogP contribution in [0.4, 0.5) is 17.6 Å². The molecule has 198 valence electrons. The number of carbonyl (C=O) groups excluding carboxylic acids is 1. The number of ether oxygens (including phenoxy) is 2. The van der Waals surface area contributed by atoms with E-state index in [1.165, 1.54) is 25.3 Å². The molecular formula is C23H22ClF4N5O3S. The van der Waals surface area contributed by atoms with Crippen molar-refractivity contribution in [3.63, 3.8) is 0 Å². The number of alkyl halides is 3. The van der Waals surface area contributed by atoms with Crippen LogP contribution in [0.2, 0.25) is 4.34 Å². The molecule has 1 N–H and O–H groups in total. The molecule has 1 aliphatic rings. The maximum absolute atomic E-state index is 15.5. The molecule has 2 atom stereocenters. The Balaban J connectivity index is 1.58. The van der Waals surface area contributed by atoms with Gasteiger partial charge >= 0.3 is 6.18 Å². The molecule has 1 fully saturated rings. The molecular weight excluding hydrogens is 538 g/mol. The van der Waals surface area contributed by atoms with Crippen molar-refractivity contribution < 1.29 is 31.8 Å². The van der Waals surface area contributed by atoms with Gasteiger partial charge in [0, 0.05) is 24.5 Å². The summed E-state index contributed by atoms with van der Waals surface area (Å²) in [7, 11) is 1.94. The van der Waals surface area contributed by atoms with Crippen LogP contribution in [0.25, 0.3) is 10.6 Å². The lowest BCUT2D eigenvalue weighted by Crippen LogP contribution is -2.46. The van der Waals surface area contributed by atoms with Gasteiger partial charge in [0.25, 0.3) is 5.91 Å². The third-order valence-electron chi connectivity index (χ3n) is 5.74. The van der Waals surface area contributed by atoms with E-state index in [0.29, 0.717) is 17.6 Å². The molecule has 0 bridgehead atoms. The molecule has 0 aliphatic carbocycles. The number of morpholine rings is 1. The minimum Gasteiger partial charge on any atom is -0.492 e. The van der Waals surface area contributed by atoms with Crippen LogP contribution in [0.1, 0.15) is 34.7 Å². The second-order valence-electron chi connectivity index (χ2n) is 8.36. The van der Waals surface area contributed by atoms with E-state index in [2.05, 4.69) is 25.2 Å². The number of nitrogens with zero attached hydrogens (tertiary/aromatic N) is 4. The summed E-state index contributed by atoms with van der Waals surface area (Å²) in [5.74, 6) is -2.72. The fourth-order valence-electron chi connectivity index (χ4n) is 3.55. The van der Waals surface area contributed by atoms with Crippen LogP contribution in [0.15, 0.2) is 30.7 Å². The first-order chi connectivity index (χ1) is 17.5. The lowest BCUT2D eigenvalue weighted by atomic mass is 10.1. The number of rotatable bonds is 7. The Hall–Kier alpha value is -2.87. The highest BCUT2D eigenvalue weighted by Crippen LogP contribution is 2.35. The highest BCUT2D eigenvalue weighted by Gasteiger charge is 2.34. The van der Waals surface area contributed by atoms with E-state index in [1.54, 1.807) is 0 Å². The summed E-state index contributed by atoms with van der Waals surface area (Å²) in [6.07, 6.45) is -1.40. The number of aromatic nitrogens is 3. The number of amides is 1. The van der Waals surface area contributed by atoms with Gasteiger partial charge in [0.2, 0.25) is 5.82 Å². The van der Waals surface area contributed by atoms with Crippen LogP contribution in [-0.4, -0.2) is 65.2 Å². The number of thiazole rings is 1. The van der Waals surface area contributed by atoms with Crippen LogP contribution >= 0.6 is 22.9 Å². The Morgan fingerprint density at radius 3 is 2.65 bits per heavy atom. The van der Waals surface area contributed by atoms with Crippen LogP contribution in [0, 0.1) is 5.82 Å². The van der Waals surface area contributed by atoms with Crippen LogP contribution in [0.5, 0.6) is 5.75 Å². The summed E-state index contributed by atoms with van der Waals surface area (Å²) < 4.78 is 65.5. The number of carbonyl (C=O) groups is 1. The molecule has 0 spiro atoms. The average molecular weight is 560 g/mol. The fraction of sp³-hybridized carbons (Fsp3) is 0.391. The molecule has 3 aromatic rings. The molecule has 1 saturated heterocycles. The van der Waals surface area contributed by atoms with Gasteiger partial charge in [0.05, 0.1) is 42.6 Å². The van der Waals surface area contributed by atoms with Crippen molar-refractivity contribution in [3.8, 4) is 16.3 Å². The monoisotopic (exact) mass is 559 g/mol. The molecule has 1 aliphatic heterocycles. The van der Waals surface area contributed by atoms with Crippen molar-refractivity contribution in [1.82, 2.24) is 25.2 Å². The Kier molecular flexibility index (Phi) is 8.26. The minimum absolute atomic E-state index is 0.0262. The van der Waals surface area contributed by atoms with Crippen molar-refractivity contribution in [1.29, 1.82) is 0 Å². The number of nitrogens with one attached hydrogen (secondary N) is 1. The molecule has 0 saturated carbocycles. The Morgan fingerprint density at radius 2 is 2.03 bits per heavy atom. The standard InChI is InChI=1S/C23H22ClF4N5O3S/c1-12(13-7-30-22(31-8-13)23(26,27)28)32-20(34)16-5-15(36-11-14-10-35-4-3-33(14)2)6-17(19(16)25)21-29-9-18(24)37-21/h5-9,12,14H,3-4,10-11H2,1-2H3,(H,32,34)/t12-,14+/m1/s1. The first-order valence-electron chi connectivity index (χ1n) is 11.1. The fourth-order valence-corrected chi connectivity index (χ4v) is 4.47. The predicted octanol–water partition coefficient (Wildman–Crippen LogP) is 4.61. The lowest BCUT2D eigenvalue weighted by molar-refractivity contribution is -0.145. The summed E-state index contributed by atoms with van der Waals surface area (Å²) in [6, 6.07) is 1.86. The van der Waals surface area contributed by atoms with Gasteiger partial charge in [-0.05, 0) is 26.1 Å². The first-order valence-corrected chi connectivity index (χ1v) is 12.3. The quantitative estimate of drug-likeness (QED) is 0.423. The zero-order chi connectivity index (χ0) is 26.7. The normalized spacial score (nSPS) is 17.4. The molecule has 2 aromatic heterocycles. The third kappa shape index (κ3) is 6.53. The van der Waals surface area contributed by atoms with Gasteiger partial charge in [-0.2, -0.15) is 13.2 Å². The Bertz CT molecular complexity index is 1260. The summed E-state index contributed by atoms with van der Waals surface area (Å²) in [4.78, 5) is 25.9. The van der Waals surface area contributed by atoms with Crippen molar-refractivity contribution in [2.45, 2.75) is 25.2 Å². The molecule has 0 unspecified atom stereocenters. The second-order valence-corrected chi connectivity index (χ2v) is 10.0. The zero-order valence-corrected chi connectivity index (χ0v) is 21.3. The smallest absolute Gasteiger partial charge is 0.451 e. The van der Waals surface area contributed by atoms with E-state index >= 15 is 4.39 Å². The highest BCUT2D eigenvalue weighted by molar-refractivity contribution is 7.18. The lowest BCUT2D eigenvalue weighted by Gasteiger charge is -2.32. The second kappa shape index (κ2) is 11.3. The van der Waals surface area contributed by atoms with Gasteiger partial charge in [-0.25, -0.2) is 19.3 Å². The van der Waals surface area contributed by atoms with Crippen molar-refractivity contribution >= 4 is 28.8 Å². The topological polar surface area (TPSA) is 89.5 Å². The van der Waals surface area contributed by atoms with Gasteiger partial charge in [0.1, 0.15) is 27.5 Å². The molecule has 14 heteroatoms. The van der Waals surface area contributed by atoms with Crippen LogP contribution in [0.3, 0.4) is 0 Å². The van der Waals surface area contributed by atoms with Gasteiger partial charge in [-0.15, -0.1) is 11.3 Å². The van der Waals surface area contributed by atoms with Gasteiger partial charge in [-0.1, -0.05) is 11.6 Å². The number of likely N-dealkylation sites (N-methyl/N-ethyl adjacent to an activating group) is 1. The van der Waals surface area contributed by atoms with E-state index in [-0.39, 0.29) is 40.1 Å². The Labute approximate surface area is 218 Å². The summed E-state index contributed by atoms with van der Waals surface area (Å²) in [5.41, 5.74) is -0.0912. The molecule has 1 aromatic carbocycles. The maximum Gasteiger partial charge on any atom is 0.451 e. The summed E-state index contributed by atoms with van der Waals surface area (Å²) in [5, 5.41) is 2.82. The highest BCUT2D eigenvalue weighted by atomic mass is 35.5. The summed E-state index contributed by atoms with van der Waals surface area (Å²) in [6.45, 7) is 3.57. The number of hydrogen-bond acceptors (Lipinski definition) is 8. The molecule has 37 heavy (non-hydrogen) atoms. The molecule has 3 heterocycles. The summed E-state index contributed by atoms with van der Waals surface area (Å²) >= 11 is 7.02. The number of hydrogen-bond donors (Lipinski definition) is 1. The third-order valence-corrected chi connectivity index (χ3v) is 6.88. The van der Waals surface area contributed by atoms with Crippen LogP contribution < -0.4 is 10.1 Å². The largest absolute Gasteiger partial charge is 0.492 e. The van der Waals surface area contributed by atoms with Gasteiger partial charge < -0.3 is 14.8 Å². The minimum atomic E-state index is -4.69. The number of halogens is 5. The van der Waals surface area contributed by atoms with E-state index in [4.69, 9.17) is 21.1 Å². The Morgan fingerprint density at radius 1 is 1.30 bits per heavy atom. The van der Waals surface area contributed by atoms with E-state index in [9.17, 15) is 18.0 Å². The molecule has 0 radical (unpaired) electrons. The van der Waals surface area contributed by atoms with E-state index in [1.807, 2.05) is 7.05 Å². The van der Waals surface area contributed by atoms with E-state index in [0.717, 1.165) is 30.3 Å². The molecule has 8 nitrogen and oxygen atoms in total. The maximum atomic E-state index is 15.5. The van der Waals surface area contributed by atoms with Crippen molar-refractivity contribution in [2.24, 2.45) is 0 Å². The first kappa shape index (κ1) is 27.2. The van der Waals surface area contributed by atoms with Crippen LogP contribution in [-0.2, 0) is 10.9 Å². The number of benzene rings is 1. The van der Waals surface area contributed by atoms with Crippen molar-refractivity contribution in [3.05, 3.63) is 57.8 Å². The zero-order valence-electron chi connectivity index (χ0n) is 19.7. The van der Waals surface area contributed by atoms with E-state index < -0.39 is 29.8 Å². The van der Waals surface area contributed by atoms with Crippen molar-refractivity contribution in [2.75, 3.05) is 33.4 Å². The SMILES string of the molecule is C[C@@H](NC(=O)c1cc(OC[C@@H]2COCCN2C)cc(-c2ncc(Cl)s2)c1F)c1cnc(C(F)(F)F)nc1. The van der Waals surface area contributed by atoms with Gasteiger partial charge in [-0.3, -0.25) is 9.69 Å². The molecule has 1 amide bonds. The molecule has 4 rings (SSSR count). The average Bonchev–Trinajstić information content (AvgIpc) is 3.29.